The van der Waals surface area contributed by atoms with E-state index in [0.717, 1.165) is 17.1 Å². The van der Waals surface area contributed by atoms with E-state index in [0.29, 0.717) is 16.3 Å². The fraction of sp³-hybridized carbons (Fsp3) is 0.375. The number of carbonyl (C=O) groups is 1. The molecule has 1 aromatic carbocycles. The fourth-order valence-electron chi connectivity index (χ4n) is 2.51. The largest absolute Gasteiger partial charge is 0.360 e. The zero-order valence-corrected chi connectivity index (χ0v) is 14.9. The predicted octanol–water partition coefficient (Wildman–Crippen LogP) is 3.22. The Morgan fingerprint density at radius 1 is 1.38 bits per heavy atom. The molecule has 3 rings (SSSR count). The number of aromatic nitrogens is 1. The van der Waals surface area contributed by atoms with Gasteiger partial charge in [-0.1, -0.05) is 16.8 Å². The molecule has 0 atom stereocenters. The second kappa shape index (κ2) is 6.22. The van der Waals surface area contributed by atoms with Crippen LogP contribution in [0, 0.1) is 0 Å². The summed E-state index contributed by atoms with van der Waals surface area (Å²) in [6.45, 7) is 1.54. The van der Waals surface area contributed by atoms with Crippen LogP contribution < -0.4 is 4.31 Å². The van der Waals surface area contributed by atoms with Crippen LogP contribution in [0.15, 0.2) is 28.9 Å². The third-order valence-corrected chi connectivity index (χ3v) is 6.11. The minimum atomic E-state index is -3.52. The summed E-state index contributed by atoms with van der Waals surface area (Å²) in [5, 5.41) is 4.09. The monoisotopic (exact) mass is 368 g/mol. The Kier molecular flexibility index (Phi) is 4.40. The van der Waals surface area contributed by atoms with Gasteiger partial charge in [0.05, 0.1) is 23.2 Å². The van der Waals surface area contributed by atoms with Gasteiger partial charge in [-0.15, -0.1) is 0 Å². The summed E-state index contributed by atoms with van der Waals surface area (Å²) in [6, 6.07) is 4.58. The smallest absolute Gasteiger partial charge is 0.234 e. The van der Waals surface area contributed by atoms with Gasteiger partial charge < -0.3 is 4.52 Å². The van der Waals surface area contributed by atoms with Gasteiger partial charge in [0.2, 0.25) is 10.0 Å². The highest BCUT2D eigenvalue weighted by Crippen LogP contribution is 2.42. The number of nitrogens with zero attached hydrogens (tertiary/aromatic N) is 2. The molecule has 0 unspecified atom stereocenters. The molecule has 0 aliphatic heterocycles. The Hall–Kier alpha value is -1.86. The first kappa shape index (κ1) is 17.0. The highest BCUT2D eigenvalue weighted by Gasteiger charge is 2.34. The van der Waals surface area contributed by atoms with Crippen LogP contribution >= 0.6 is 11.6 Å². The third kappa shape index (κ3) is 3.06. The van der Waals surface area contributed by atoms with Crippen molar-refractivity contribution in [3.05, 3.63) is 46.3 Å². The maximum atomic E-state index is 12.9. The van der Waals surface area contributed by atoms with Crippen LogP contribution in [-0.4, -0.2) is 32.2 Å². The zero-order valence-electron chi connectivity index (χ0n) is 13.3. The molecular weight excluding hydrogens is 352 g/mol. The van der Waals surface area contributed by atoms with Crippen molar-refractivity contribution in [1.29, 1.82) is 0 Å². The van der Waals surface area contributed by atoms with Crippen molar-refractivity contribution in [2.45, 2.75) is 25.7 Å². The van der Waals surface area contributed by atoms with Crippen LogP contribution in [0.5, 0.6) is 0 Å². The van der Waals surface area contributed by atoms with E-state index in [1.807, 2.05) is 0 Å². The summed E-state index contributed by atoms with van der Waals surface area (Å²) in [5.41, 5.74) is 0.879. The molecule has 24 heavy (non-hydrogen) atoms. The second-order valence-corrected chi connectivity index (χ2v) is 8.46. The van der Waals surface area contributed by atoms with Crippen LogP contribution in [0.1, 0.15) is 47.4 Å². The number of benzene rings is 1. The molecule has 6 nitrogen and oxygen atoms in total. The first-order valence-electron chi connectivity index (χ1n) is 7.60. The summed E-state index contributed by atoms with van der Waals surface area (Å²) < 4.78 is 30.7. The molecule has 128 valence electrons. The zero-order chi connectivity index (χ0) is 17.5. The van der Waals surface area contributed by atoms with E-state index < -0.39 is 10.0 Å². The van der Waals surface area contributed by atoms with Crippen molar-refractivity contribution in [2.24, 2.45) is 0 Å². The molecule has 0 N–H and O–H groups in total. The molecule has 8 heteroatoms. The average molecular weight is 369 g/mol. The van der Waals surface area contributed by atoms with Gasteiger partial charge in [-0.25, -0.2) is 8.42 Å². The number of carbonyl (C=O) groups excluding carboxylic acids is 1. The molecule has 0 bridgehead atoms. The standard InChI is InChI=1S/C16H17ClN2O4S/c1-3-24(21,22)19(2)14-8-11(17)6-7-12(14)15(20)13-9-18-23-16(13)10-4-5-10/h6-10H,3-5H2,1-2H3. The van der Waals surface area contributed by atoms with E-state index in [2.05, 4.69) is 5.16 Å². The highest BCUT2D eigenvalue weighted by molar-refractivity contribution is 7.92. The lowest BCUT2D eigenvalue weighted by Crippen LogP contribution is -2.29. The number of ketones is 1. The maximum absolute atomic E-state index is 12.9. The summed E-state index contributed by atoms with van der Waals surface area (Å²) in [6.07, 6.45) is 3.32. The normalized spacial score (nSPS) is 14.6. The van der Waals surface area contributed by atoms with E-state index >= 15 is 0 Å². The molecule has 0 saturated heterocycles. The quantitative estimate of drug-likeness (QED) is 0.731. The fourth-order valence-corrected chi connectivity index (χ4v) is 3.51. The Morgan fingerprint density at radius 2 is 2.08 bits per heavy atom. The lowest BCUT2D eigenvalue weighted by Gasteiger charge is -2.21. The summed E-state index contributed by atoms with van der Waals surface area (Å²) in [7, 11) is -2.11. The Bertz CT molecular complexity index is 887. The van der Waals surface area contributed by atoms with E-state index in [1.165, 1.54) is 25.4 Å². The first-order chi connectivity index (χ1) is 11.3. The van der Waals surface area contributed by atoms with E-state index in [-0.39, 0.29) is 28.7 Å². The molecule has 1 aromatic heterocycles. The lowest BCUT2D eigenvalue weighted by atomic mass is 10.0. The van der Waals surface area contributed by atoms with Crippen molar-refractivity contribution in [3.8, 4) is 0 Å². The SMILES string of the molecule is CCS(=O)(=O)N(C)c1cc(Cl)ccc1C(=O)c1cnoc1C1CC1. The number of sulfonamides is 1. The van der Waals surface area contributed by atoms with Crippen molar-refractivity contribution >= 4 is 33.1 Å². The lowest BCUT2D eigenvalue weighted by molar-refractivity contribution is 0.103. The van der Waals surface area contributed by atoms with Gasteiger partial charge >= 0.3 is 0 Å². The number of anilines is 1. The molecule has 1 aliphatic rings. The van der Waals surface area contributed by atoms with Gasteiger partial charge in [0.25, 0.3) is 0 Å². The Labute approximate surface area is 145 Å². The molecule has 2 aromatic rings. The van der Waals surface area contributed by atoms with Crippen LogP contribution in [-0.2, 0) is 10.0 Å². The number of hydrogen-bond acceptors (Lipinski definition) is 5. The van der Waals surface area contributed by atoms with Crippen molar-refractivity contribution < 1.29 is 17.7 Å². The molecule has 1 fully saturated rings. The van der Waals surface area contributed by atoms with Crippen molar-refractivity contribution in [1.82, 2.24) is 5.16 Å². The molecule has 1 heterocycles. The number of hydrogen-bond donors (Lipinski definition) is 0. The summed E-state index contributed by atoms with van der Waals surface area (Å²) >= 11 is 6.01. The minimum absolute atomic E-state index is 0.0791. The minimum Gasteiger partial charge on any atom is -0.360 e. The van der Waals surface area contributed by atoms with Gasteiger partial charge in [-0.05, 0) is 38.0 Å². The van der Waals surface area contributed by atoms with Crippen molar-refractivity contribution in [2.75, 3.05) is 17.1 Å². The van der Waals surface area contributed by atoms with Gasteiger partial charge in [0, 0.05) is 23.6 Å². The number of halogens is 1. The molecule has 0 spiro atoms. The van der Waals surface area contributed by atoms with Crippen LogP contribution in [0.3, 0.4) is 0 Å². The van der Waals surface area contributed by atoms with E-state index in [9.17, 15) is 13.2 Å². The predicted molar refractivity (Wildman–Crippen MR) is 91.2 cm³/mol. The Balaban J connectivity index is 2.07. The second-order valence-electron chi connectivity index (χ2n) is 5.74. The van der Waals surface area contributed by atoms with Crippen LogP contribution in [0.25, 0.3) is 0 Å². The van der Waals surface area contributed by atoms with Gasteiger partial charge in [0.1, 0.15) is 0 Å². The highest BCUT2D eigenvalue weighted by atomic mass is 35.5. The molecule has 1 saturated carbocycles. The van der Waals surface area contributed by atoms with E-state index in [4.69, 9.17) is 16.1 Å². The average Bonchev–Trinajstić information content (AvgIpc) is 3.30. The first-order valence-corrected chi connectivity index (χ1v) is 9.59. The van der Waals surface area contributed by atoms with Crippen LogP contribution in [0.2, 0.25) is 5.02 Å². The van der Waals surface area contributed by atoms with Gasteiger partial charge in [-0.3, -0.25) is 9.10 Å². The molecular formula is C16H17ClN2O4S. The van der Waals surface area contributed by atoms with Crippen molar-refractivity contribution in [3.63, 3.8) is 0 Å². The van der Waals surface area contributed by atoms with E-state index in [1.54, 1.807) is 13.0 Å². The summed E-state index contributed by atoms with van der Waals surface area (Å²) in [4.78, 5) is 12.9. The maximum Gasteiger partial charge on any atom is 0.234 e. The number of rotatable bonds is 6. The summed E-state index contributed by atoms with van der Waals surface area (Å²) in [5.74, 6) is 0.397. The van der Waals surface area contributed by atoms with Gasteiger partial charge in [-0.2, -0.15) is 0 Å². The molecule has 0 amide bonds. The van der Waals surface area contributed by atoms with Gasteiger partial charge in [0.15, 0.2) is 11.5 Å². The van der Waals surface area contributed by atoms with Crippen LogP contribution in [0.4, 0.5) is 5.69 Å². The molecule has 0 radical (unpaired) electrons. The molecule has 1 aliphatic carbocycles. The third-order valence-electron chi connectivity index (χ3n) is 4.12. The topological polar surface area (TPSA) is 80.5 Å². The Morgan fingerprint density at radius 3 is 2.71 bits per heavy atom.